The van der Waals surface area contributed by atoms with E-state index in [4.69, 9.17) is 9.84 Å². The first-order valence-electron chi connectivity index (χ1n) is 4.81. The summed E-state index contributed by atoms with van der Waals surface area (Å²) in [6.07, 6.45) is 2.79. The van der Waals surface area contributed by atoms with Crippen molar-refractivity contribution < 1.29 is 14.6 Å². The number of hydrogen-bond acceptors (Lipinski definition) is 3. The van der Waals surface area contributed by atoms with E-state index in [2.05, 4.69) is 5.32 Å². The predicted molar refractivity (Wildman–Crippen MR) is 48.3 cm³/mol. The van der Waals surface area contributed by atoms with Crippen LogP contribution in [-0.2, 0) is 9.53 Å². The van der Waals surface area contributed by atoms with Crippen LogP contribution in [0.25, 0.3) is 0 Å². The van der Waals surface area contributed by atoms with Gasteiger partial charge in [0, 0.05) is 32.3 Å². The maximum absolute atomic E-state index is 11.2. The molecule has 0 aromatic heterocycles. The number of aliphatic hydroxyl groups excluding tert-OH is 1. The van der Waals surface area contributed by atoms with Crippen molar-refractivity contribution >= 4 is 5.91 Å². The Balaban J connectivity index is 2.11. The van der Waals surface area contributed by atoms with Crippen LogP contribution in [0.15, 0.2) is 0 Å². The van der Waals surface area contributed by atoms with Gasteiger partial charge in [-0.25, -0.2) is 0 Å². The van der Waals surface area contributed by atoms with E-state index in [1.165, 1.54) is 0 Å². The van der Waals surface area contributed by atoms with Crippen LogP contribution in [0.1, 0.15) is 25.7 Å². The lowest BCUT2D eigenvalue weighted by molar-refractivity contribution is -0.122. The standard InChI is InChI=1S/C9H17NO3/c11-5-1-2-9(12)10-8-3-6-13-7-4-8/h8,11H,1-7H2,(H,10,12). The van der Waals surface area contributed by atoms with Crippen molar-refractivity contribution in [1.82, 2.24) is 5.32 Å². The van der Waals surface area contributed by atoms with Gasteiger partial charge in [-0.1, -0.05) is 0 Å². The minimum absolute atomic E-state index is 0.0425. The highest BCUT2D eigenvalue weighted by Gasteiger charge is 2.15. The van der Waals surface area contributed by atoms with Crippen molar-refractivity contribution in [1.29, 1.82) is 0 Å². The molecule has 0 bridgehead atoms. The molecule has 0 spiro atoms. The number of amides is 1. The summed E-state index contributed by atoms with van der Waals surface area (Å²) in [6.45, 7) is 1.57. The number of rotatable bonds is 4. The van der Waals surface area contributed by atoms with Crippen molar-refractivity contribution in [2.24, 2.45) is 0 Å². The molecule has 4 nitrogen and oxygen atoms in total. The van der Waals surface area contributed by atoms with Gasteiger partial charge in [-0.05, 0) is 19.3 Å². The van der Waals surface area contributed by atoms with Gasteiger partial charge < -0.3 is 15.2 Å². The molecule has 0 radical (unpaired) electrons. The summed E-state index contributed by atoms with van der Waals surface area (Å²) in [5, 5.41) is 11.4. The highest BCUT2D eigenvalue weighted by molar-refractivity contribution is 5.76. The third kappa shape index (κ3) is 4.24. The van der Waals surface area contributed by atoms with Crippen molar-refractivity contribution in [2.75, 3.05) is 19.8 Å². The van der Waals surface area contributed by atoms with Gasteiger partial charge in [0.05, 0.1) is 0 Å². The Morgan fingerprint density at radius 3 is 2.77 bits per heavy atom. The van der Waals surface area contributed by atoms with E-state index in [0.717, 1.165) is 26.1 Å². The summed E-state index contributed by atoms with van der Waals surface area (Å²) >= 11 is 0. The fourth-order valence-electron chi connectivity index (χ4n) is 1.38. The van der Waals surface area contributed by atoms with E-state index < -0.39 is 0 Å². The molecule has 1 aliphatic rings. The zero-order valence-electron chi connectivity index (χ0n) is 7.79. The predicted octanol–water partition coefficient (Wildman–Crippen LogP) is 0.0541. The Kier molecular flexibility index (Phi) is 4.78. The van der Waals surface area contributed by atoms with Crippen LogP contribution in [0, 0.1) is 0 Å². The highest BCUT2D eigenvalue weighted by atomic mass is 16.5. The van der Waals surface area contributed by atoms with E-state index >= 15 is 0 Å². The van der Waals surface area contributed by atoms with Crippen molar-refractivity contribution in [3.63, 3.8) is 0 Å². The third-order valence-corrected chi connectivity index (χ3v) is 2.15. The van der Waals surface area contributed by atoms with Gasteiger partial charge >= 0.3 is 0 Å². The number of carbonyl (C=O) groups is 1. The number of aliphatic hydroxyl groups is 1. The zero-order chi connectivity index (χ0) is 9.52. The minimum Gasteiger partial charge on any atom is -0.396 e. The van der Waals surface area contributed by atoms with Crippen LogP contribution in [0.2, 0.25) is 0 Å². The minimum atomic E-state index is 0.0425. The fourth-order valence-corrected chi connectivity index (χ4v) is 1.38. The lowest BCUT2D eigenvalue weighted by Crippen LogP contribution is -2.38. The smallest absolute Gasteiger partial charge is 0.220 e. The first-order valence-corrected chi connectivity index (χ1v) is 4.81. The Hall–Kier alpha value is -0.610. The van der Waals surface area contributed by atoms with Crippen LogP contribution in [0.4, 0.5) is 0 Å². The van der Waals surface area contributed by atoms with Crippen LogP contribution in [-0.4, -0.2) is 36.9 Å². The summed E-state index contributed by atoms with van der Waals surface area (Å²) in [5.74, 6) is 0.0425. The Morgan fingerprint density at radius 2 is 2.15 bits per heavy atom. The Labute approximate surface area is 78.3 Å². The van der Waals surface area contributed by atoms with Gasteiger partial charge in [0.1, 0.15) is 0 Å². The van der Waals surface area contributed by atoms with Crippen molar-refractivity contribution in [3.05, 3.63) is 0 Å². The second-order valence-corrected chi connectivity index (χ2v) is 3.28. The molecule has 1 heterocycles. The lowest BCUT2D eigenvalue weighted by Gasteiger charge is -2.22. The summed E-state index contributed by atoms with van der Waals surface area (Å²) in [4.78, 5) is 11.2. The summed E-state index contributed by atoms with van der Waals surface area (Å²) in [6, 6.07) is 0.278. The Bertz CT molecular complexity index is 155. The molecule has 0 aromatic rings. The van der Waals surface area contributed by atoms with E-state index in [9.17, 15) is 4.79 Å². The van der Waals surface area contributed by atoms with Crippen molar-refractivity contribution in [3.8, 4) is 0 Å². The van der Waals surface area contributed by atoms with E-state index in [-0.39, 0.29) is 18.6 Å². The average molecular weight is 187 g/mol. The fraction of sp³-hybridized carbons (Fsp3) is 0.889. The third-order valence-electron chi connectivity index (χ3n) is 2.15. The largest absolute Gasteiger partial charge is 0.396 e. The average Bonchev–Trinajstić information content (AvgIpc) is 2.16. The van der Waals surface area contributed by atoms with Gasteiger partial charge in [0.2, 0.25) is 5.91 Å². The zero-order valence-corrected chi connectivity index (χ0v) is 7.79. The monoisotopic (exact) mass is 187 g/mol. The molecule has 1 aliphatic heterocycles. The molecular weight excluding hydrogens is 170 g/mol. The van der Waals surface area contributed by atoms with E-state index in [1.807, 2.05) is 0 Å². The highest BCUT2D eigenvalue weighted by Crippen LogP contribution is 2.06. The second kappa shape index (κ2) is 5.94. The van der Waals surface area contributed by atoms with Gasteiger partial charge in [0.15, 0.2) is 0 Å². The van der Waals surface area contributed by atoms with E-state index in [0.29, 0.717) is 12.8 Å². The molecule has 76 valence electrons. The molecule has 0 aliphatic carbocycles. The number of nitrogens with one attached hydrogen (secondary N) is 1. The summed E-state index contributed by atoms with van der Waals surface area (Å²) < 4.78 is 5.17. The first kappa shape index (κ1) is 10.5. The molecule has 1 amide bonds. The summed E-state index contributed by atoms with van der Waals surface area (Å²) in [7, 11) is 0. The van der Waals surface area contributed by atoms with Crippen LogP contribution in [0.3, 0.4) is 0 Å². The molecule has 0 atom stereocenters. The van der Waals surface area contributed by atoms with Crippen LogP contribution < -0.4 is 5.32 Å². The lowest BCUT2D eigenvalue weighted by atomic mass is 10.1. The number of carbonyl (C=O) groups excluding carboxylic acids is 1. The second-order valence-electron chi connectivity index (χ2n) is 3.28. The molecular formula is C9H17NO3. The normalized spacial score (nSPS) is 18.5. The van der Waals surface area contributed by atoms with Gasteiger partial charge in [-0.3, -0.25) is 4.79 Å². The summed E-state index contributed by atoms with van der Waals surface area (Å²) in [5.41, 5.74) is 0. The molecule has 1 rings (SSSR count). The molecule has 1 fully saturated rings. The molecule has 0 aromatic carbocycles. The maximum Gasteiger partial charge on any atom is 0.220 e. The molecule has 13 heavy (non-hydrogen) atoms. The van der Waals surface area contributed by atoms with Crippen molar-refractivity contribution in [2.45, 2.75) is 31.7 Å². The SMILES string of the molecule is O=C(CCCO)NC1CCOCC1. The molecule has 1 saturated heterocycles. The Morgan fingerprint density at radius 1 is 1.46 bits per heavy atom. The van der Waals surface area contributed by atoms with Crippen LogP contribution >= 0.6 is 0 Å². The molecule has 4 heteroatoms. The van der Waals surface area contributed by atoms with Gasteiger partial charge in [-0.2, -0.15) is 0 Å². The van der Waals surface area contributed by atoms with Gasteiger partial charge in [0.25, 0.3) is 0 Å². The van der Waals surface area contributed by atoms with E-state index in [1.54, 1.807) is 0 Å². The number of ether oxygens (including phenoxy) is 1. The van der Waals surface area contributed by atoms with Crippen LogP contribution in [0.5, 0.6) is 0 Å². The van der Waals surface area contributed by atoms with Gasteiger partial charge in [-0.15, -0.1) is 0 Å². The first-order chi connectivity index (χ1) is 6.33. The topological polar surface area (TPSA) is 58.6 Å². The quantitative estimate of drug-likeness (QED) is 0.654. The number of hydrogen-bond donors (Lipinski definition) is 2. The molecule has 0 unspecified atom stereocenters. The molecule has 0 saturated carbocycles. The molecule has 2 N–H and O–H groups in total. The maximum atomic E-state index is 11.2.